The van der Waals surface area contributed by atoms with Gasteiger partial charge in [-0.05, 0) is 45.2 Å². The highest BCUT2D eigenvalue weighted by molar-refractivity contribution is 5.98. The van der Waals surface area contributed by atoms with E-state index in [1.54, 1.807) is 19.1 Å². The van der Waals surface area contributed by atoms with Crippen molar-refractivity contribution in [2.24, 2.45) is 0 Å². The van der Waals surface area contributed by atoms with Crippen molar-refractivity contribution in [2.45, 2.75) is 38.6 Å². The van der Waals surface area contributed by atoms with Gasteiger partial charge in [0.15, 0.2) is 0 Å². The number of hydrogen-bond donors (Lipinski definition) is 1. The van der Waals surface area contributed by atoms with E-state index in [0.29, 0.717) is 18.5 Å². The van der Waals surface area contributed by atoms with Crippen molar-refractivity contribution in [1.82, 2.24) is 4.90 Å². The zero-order valence-corrected chi connectivity index (χ0v) is 11.3. The van der Waals surface area contributed by atoms with Crippen molar-refractivity contribution in [3.8, 4) is 0 Å². The Morgan fingerprint density at radius 2 is 1.84 bits per heavy atom. The summed E-state index contributed by atoms with van der Waals surface area (Å²) in [5, 5.41) is 9.41. The summed E-state index contributed by atoms with van der Waals surface area (Å²) in [6.45, 7) is 4.10. The van der Waals surface area contributed by atoms with E-state index < -0.39 is 11.5 Å². The number of amides is 1. The summed E-state index contributed by atoms with van der Waals surface area (Å²) < 4.78 is 0. The van der Waals surface area contributed by atoms with Crippen LogP contribution in [-0.2, 0) is 4.79 Å². The number of carboxylic acids is 1. The summed E-state index contributed by atoms with van der Waals surface area (Å²) in [6.07, 6.45) is 2.22. The molecule has 1 amide bonds. The lowest BCUT2D eigenvalue weighted by Crippen LogP contribution is -2.57. The first-order valence-electron chi connectivity index (χ1n) is 6.57. The largest absolute Gasteiger partial charge is 0.480 e. The summed E-state index contributed by atoms with van der Waals surface area (Å²) >= 11 is 0. The fourth-order valence-corrected chi connectivity index (χ4v) is 2.52. The molecule has 2 rings (SSSR count). The molecule has 1 aliphatic heterocycles. The van der Waals surface area contributed by atoms with E-state index in [2.05, 4.69) is 0 Å². The minimum atomic E-state index is -1.08. The van der Waals surface area contributed by atoms with E-state index in [1.165, 1.54) is 4.90 Å². The van der Waals surface area contributed by atoms with Crippen molar-refractivity contribution in [3.05, 3.63) is 35.4 Å². The molecule has 4 heteroatoms. The van der Waals surface area contributed by atoms with Gasteiger partial charge in [-0.3, -0.25) is 4.79 Å². The molecule has 0 bridgehead atoms. The molecule has 1 aromatic rings. The highest BCUT2D eigenvalue weighted by Gasteiger charge is 2.44. The van der Waals surface area contributed by atoms with Crippen LogP contribution in [0, 0.1) is 6.92 Å². The minimum Gasteiger partial charge on any atom is -0.480 e. The molecule has 1 fully saturated rings. The first-order chi connectivity index (χ1) is 8.95. The molecule has 4 nitrogen and oxygen atoms in total. The fourth-order valence-electron chi connectivity index (χ4n) is 2.52. The molecule has 1 saturated heterocycles. The first kappa shape index (κ1) is 13.6. The topological polar surface area (TPSA) is 57.6 Å². The van der Waals surface area contributed by atoms with Crippen LogP contribution in [0.1, 0.15) is 42.1 Å². The van der Waals surface area contributed by atoms with Gasteiger partial charge in [0.1, 0.15) is 5.54 Å². The van der Waals surface area contributed by atoms with Crippen LogP contribution < -0.4 is 0 Å². The summed E-state index contributed by atoms with van der Waals surface area (Å²) in [4.78, 5) is 25.5. The molecular formula is C15H19NO3. The van der Waals surface area contributed by atoms with E-state index >= 15 is 0 Å². The van der Waals surface area contributed by atoms with Crippen LogP contribution in [0.2, 0.25) is 0 Å². The summed E-state index contributed by atoms with van der Waals surface area (Å²) in [7, 11) is 0. The van der Waals surface area contributed by atoms with Gasteiger partial charge in [-0.25, -0.2) is 4.79 Å². The lowest BCUT2D eigenvalue weighted by molar-refractivity contribution is -0.150. The van der Waals surface area contributed by atoms with Gasteiger partial charge in [-0.15, -0.1) is 0 Å². The maximum absolute atomic E-state index is 12.5. The highest BCUT2D eigenvalue weighted by Crippen LogP contribution is 2.29. The molecule has 0 aliphatic carbocycles. The van der Waals surface area contributed by atoms with Gasteiger partial charge in [0.25, 0.3) is 5.91 Å². The van der Waals surface area contributed by atoms with Crippen LogP contribution in [0.15, 0.2) is 24.3 Å². The second kappa shape index (κ2) is 5.03. The predicted molar refractivity (Wildman–Crippen MR) is 72.1 cm³/mol. The molecule has 1 aliphatic rings. The van der Waals surface area contributed by atoms with Crippen molar-refractivity contribution in [3.63, 3.8) is 0 Å². The van der Waals surface area contributed by atoms with Gasteiger partial charge < -0.3 is 10.0 Å². The molecule has 1 heterocycles. The number of hydrogen-bond acceptors (Lipinski definition) is 2. The van der Waals surface area contributed by atoms with Gasteiger partial charge in [-0.1, -0.05) is 17.7 Å². The number of benzene rings is 1. The van der Waals surface area contributed by atoms with Crippen molar-refractivity contribution >= 4 is 11.9 Å². The van der Waals surface area contributed by atoms with Gasteiger partial charge in [-0.2, -0.15) is 0 Å². The molecule has 0 spiro atoms. The summed E-state index contributed by atoms with van der Waals surface area (Å²) in [6, 6.07) is 7.26. The molecule has 1 aromatic carbocycles. The molecular weight excluding hydrogens is 242 g/mol. The predicted octanol–water partition coefficient (Wildman–Crippen LogP) is 2.46. The van der Waals surface area contributed by atoms with E-state index in [-0.39, 0.29) is 5.91 Å². The highest BCUT2D eigenvalue weighted by atomic mass is 16.4. The van der Waals surface area contributed by atoms with E-state index in [4.69, 9.17) is 0 Å². The van der Waals surface area contributed by atoms with Crippen molar-refractivity contribution in [1.29, 1.82) is 0 Å². The normalized spacial score (nSPS) is 23.2. The summed E-state index contributed by atoms with van der Waals surface area (Å²) in [5.41, 5.74) is 0.552. The SMILES string of the molecule is Cc1ccc(C(=O)N2CCCCC2(C)C(=O)O)cc1. The number of nitrogens with zero attached hydrogens (tertiary/aromatic N) is 1. The number of carbonyl (C=O) groups excluding carboxylic acids is 1. The Bertz CT molecular complexity index is 495. The monoisotopic (exact) mass is 261 g/mol. The Balaban J connectivity index is 2.30. The number of aryl methyl sites for hydroxylation is 1. The Kier molecular flexibility index (Phi) is 3.60. The van der Waals surface area contributed by atoms with E-state index in [0.717, 1.165) is 18.4 Å². The van der Waals surface area contributed by atoms with Crippen LogP contribution in [0.5, 0.6) is 0 Å². The number of piperidine rings is 1. The lowest BCUT2D eigenvalue weighted by Gasteiger charge is -2.41. The maximum Gasteiger partial charge on any atom is 0.329 e. The first-order valence-corrected chi connectivity index (χ1v) is 6.57. The Morgan fingerprint density at radius 1 is 1.21 bits per heavy atom. The van der Waals surface area contributed by atoms with Gasteiger partial charge in [0.05, 0.1) is 0 Å². The standard InChI is InChI=1S/C15H19NO3/c1-11-5-7-12(8-6-11)13(17)16-10-4-3-9-15(16,2)14(18)19/h5-8H,3-4,9-10H2,1-2H3,(H,18,19). The Morgan fingerprint density at radius 3 is 2.42 bits per heavy atom. The van der Waals surface area contributed by atoms with Crippen LogP contribution in [0.4, 0.5) is 0 Å². The summed E-state index contributed by atoms with van der Waals surface area (Å²) in [5.74, 6) is -1.11. The molecule has 1 unspecified atom stereocenters. The number of carboxylic acid groups (broad SMARTS) is 1. The van der Waals surface area contributed by atoms with E-state index in [1.807, 2.05) is 19.1 Å². The Labute approximate surface area is 113 Å². The number of likely N-dealkylation sites (tertiary alicyclic amines) is 1. The third kappa shape index (κ3) is 2.48. The van der Waals surface area contributed by atoms with Gasteiger partial charge >= 0.3 is 5.97 Å². The average Bonchev–Trinajstić information content (AvgIpc) is 2.39. The zero-order chi connectivity index (χ0) is 14.0. The number of rotatable bonds is 2. The van der Waals surface area contributed by atoms with Gasteiger partial charge in [0, 0.05) is 12.1 Å². The van der Waals surface area contributed by atoms with Crippen molar-refractivity contribution in [2.75, 3.05) is 6.54 Å². The molecule has 0 saturated carbocycles. The van der Waals surface area contributed by atoms with Crippen LogP contribution in [0.25, 0.3) is 0 Å². The third-order valence-corrected chi connectivity index (χ3v) is 3.90. The molecule has 0 aromatic heterocycles. The van der Waals surface area contributed by atoms with Gasteiger partial charge in [0.2, 0.25) is 0 Å². The van der Waals surface area contributed by atoms with Crippen LogP contribution in [-0.4, -0.2) is 34.0 Å². The molecule has 1 N–H and O–H groups in total. The second-order valence-corrected chi connectivity index (χ2v) is 5.36. The number of carbonyl (C=O) groups is 2. The van der Waals surface area contributed by atoms with Crippen LogP contribution >= 0.6 is 0 Å². The maximum atomic E-state index is 12.5. The van der Waals surface area contributed by atoms with Crippen molar-refractivity contribution < 1.29 is 14.7 Å². The second-order valence-electron chi connectivity index (χ2n) is 5.36. The quantitative estimate of drug-likeness (QED) is 0.889. The molecule has 19 heavy (non-hydrogen) atoms. The zero-order valence-electron chi connectivity index (χ0n) is 11.3. The molecule has 0 radical (unpaired) electrons. The Hall–Kier alpha value is -1.84. The third-order valence-electron chi connectivity index (χ3n) is 3.90. The van der Waals surface area contributed by atoms with E-state index in [9.17, 15) is 14.7 Å². The number of aliphatic carboxylic acids is 1. The fraction of sp³-hybridized carbons (Fsp3) is 0.467. The van der Waals surface area contributed by atoms with Crippen LogP contribution in [0.3, 0.4) is 0 Å². The average molecular weight is 261 g/mol. The molecule has 102 valence electrons. The molecule has 1 atom stereocenters. The smallest absolute Gasteiger partial charge is 0.329 e. The lowest BCUT2D eigenvalue weighted by atomic mass is 9.88. The minimum absolute atomic E-state index is 0.190.